The highest BCUT2D eigenvalue weighted by Crippen LogP contribution is 2.37. The number of hydrogen-bond donors (Lipinski definition) is 4. The minimum Gasteiger partial charge on any atom is -0.391 e. The summed E-state index contributed by atoms with van der Waals surface area (Å²) in [5.74, 6) is -9.10. The lowest BCUT2D eigenvalue weighted by Gasteiger charge is -2.45. The highest BCUT2D eigenvalue weighted by Gasteiger charge is 2.52. The highest BCUT2D eigenvalue weighted by atomic mass is 35.5. The molecule has 29 heteroatoms. The number of halogens is 4. The Bertz CT molecular complexity index is 3160. The van der Waals surface area contributed by atoms with Crippen molar-refractivity contribution in [3.63, 3.8) is 0 Å². The van der Waals surface area contributed by atoms with Crippen LogP contribution in [0, 0.1) is 17.8 Å². The van der Waals surface area contributed by atoms with Crippen LogP contribution in [0.15, 0.2) is 18.2 Å². The van der Waals surface area contributed by atoms with Gasteiger partial charge in [0.2, 0.25) is 70.9 Å². The number of amides is 12. The number of carbonyl (C=O) groups excluding carboxylic acids is 12. The smallest absolute Gasteiger partial charge is 0.391 e. The van der Waals surface area contributed by atoms with Crippen LogP contribution >= 0.6 is 11.6 Å². The Labute approximate surface area is 591 Å². The third-order valence-corrected chi connectivity index (χ3v) is 22.3. The summed E-state index contributed by atoms with van der Waals surface area (Å²) in [5.41, 5.74) is -2.49. The van der Waals surface area contributed by atoms with E-state index in [4.69, 9.17) is 11.6 Å². The molecule has 1 spiro atoms. The molecule has 1 aromatic rings. The van der Waals surface area contributed by atoms with Crippen molar-refractivity contribution < 1.29 is 75.8 Å². The fourth-order valence-corrected chi connectivity index (χ4v) is 15.6. The first-order valence-corrected chi connectivity index (χ1v) is 36.4. The van der Waals surface area contributed by atoms with E-state index in [1.165, 1.54) is 86.7 Å². The van der Waals surface area contributed by atoms with Gasteiger partial charge in [-0.05, 0) is 126 Å². The van der Waals surface area contributed by atoms with Gasteiger partial charge in [0.25, 0.3) is 0 Å². The highest BCUT2D eigenvalue weighted by molar-refractivity contribution is 6.31. The number of benzene rings is 1. The number of likely N-dealkylation sites (tertiary alicyclic amines) is 1. The molecule has 4 N–H and O–H groups in total. The number of aryl methyl sites for hydroxylation is 1. The third kappa shape index (κ3) is 18.8. The molecule has 7 rings (SSSR count). The molecule has 25 nitrogen and oxygen atoms in total. The number of aliphatic hydroxyl groups excluding tert-OH is 1. The van der Waals surface area contributed by atoms with Crippen molar-refractivity contribution >= 4 is 82.5 Å². The second-order valence-electron chi connectivity index (χ2n) is 29.5. The van der Waals surface area contributed by atoms with Crippen LogP contribution in [-0.4, -0.2) is 261 Å². The summed E-state index contributed by atoms with van der Waals surface area (Å²) < 4.78 is 41.6. The molecular formula is C71H108ClF3N12O13. The average Bonchev–Trinajstić information content (AvgIpc) is 1.14. The average molecular weight is 1430 g/mol. The first-order chi connectivity index (χ1) is 47.0. The number of fused-ring (bicyclic) bond motifs is 2. The molecule has 1 aromatic carbocycles. The molecule has 0 aromatic heterocycles. The maximum Gasteiger partial charge on any atom is 0.417 e. The molecular weight excluding hydrogens is 1320 g/mol. The van der Waals surface area contributed by atoms with E-state index in [9.17, 15) is 61.4 Å². The fraction of sp³-hybridized carbons (Fsp3) is 0.746. The number of nitrogens with zero attached hydrogens (tertiary/aromatic N) is 9. The van der Waals surface area contributed by atoms with Gasteiger partial charge in [-0.1, -0.05) is 96.7 Å². The Morgan fingerprint density at radius 1 is 0.660 bits per heavy atom. The molecule has 6 fully saturated rings. The summed E-state index contributed by atoms with van der Waals surface area (Å²) >= 11 is 6.15. The molecule has 12 amide bonds. The zero-order valence-corrected chi connectivity index (χ0v) is 61.3. The van der Waals surface area contributed by atoms with Gasteiger partial charge in [-0.2, -0.15) is 13.2 Å². The van der Waals surface area contributed by atoms with Gasteiger partial charge >= 0.3 is 6.18 Å². The van der Waals surface area contributed by atoms with Crippen molar-refractivity contribution in [3.8, 4) is 0 Å². The van der Waals surface area contributed by atoms with E-state index in [1.54, 1.807) is 11.8 Å². The normalized spacial score (nSPS) is 28.1. The van der Waals surface area contributed by atoms with Gasteiger partial charge in [-0.25, -0.2) is 0 Å². The van der Waals surface area contributed by atoms with Crippen molar-refractivity contribution in [2.24, 2.45) is 17.8 Å². The van der Waals surface area contributed by atoms with Gasteiger partial charge in [0.15, 0.2) is 0 Å². The Morgan fingerprint density at radius 2 is 1.29 bits per heavy atom. The lowest BCUT2D eigenvalue weighted by molar-refractivity contribution is -0.160. The van der Waals surface area contributed by atoms with E-state index in [0.717, 1.165) is 65.4 Å². The maximum absolute atomic E-state index is 15.3. The molecule has 558 valence electrons. The SMILES string of the molecule is CC[C@H](C)[C@@H]1NC(=O)[C@H](CC(C)C)N(C)C(=O)C[C@@H](C(=O)N2CCCCC2)N(C)C(=O)[C@H]([C@@H](C)O)N(C)C(=O)C2(CCCC2)NC(=O)[C@@H]2CCCN2C(=O)[C@H](CCc2ccc(C(F)(F)F)c(Cl)c2)NC(=O)CN(C)C(=O)[C@H](CC2CCCCC2)N(C)C(=O)[C@@H]2CCN2C(=O)[C@H](C)N(C)C1=O. The molecule has 0 bridgehead atoms. The molecule has 0 radical (unpaired) electrons. The minimum atomic E-state index is -4.77. The molecule has 6 aliphatic rings. The summed E-state index contributed by atoms with van der Waals surface area (Å²) in [7, 11) is 8.26. The number of aliphatic hydroxyl groups is 1. The van der Waals surface area contributed by atoms with Crippen LogP contribution in [0.4, 0.5) is 13.2 Å². The Hall–Kier alpha value is -7.10. The molecule has 4 aliphatic heterocycles. The van der Waals surface area contributed by atoms with Gasteiger partial charge in [0.1, 0.15) is 59.9 Å². The summed E-state index contributed by atoms with van der Waals surface area (Å²) in [5, 5.41) is 19.6. The van der Waals surface area contributed by atoms with E-state index in [-0.39, 0.29) is 81.9 Å². The number of hydrogen-bond acceptors (Lipinski definition) is 13. The zero-order chi connectivity index (χ0) is 74.0. The largest absolute Gasteiger partial charge is 0.417 e. The van der Waals surface area contributed by atoms with Crippen LogP contribution < -0.4 is 16.0 Å². The summed E-state index contributed by atoms with van der Waals surface area (Å²) in [6.45, 7) is 10.2. The van der Waals surface area contributed by atoms with Crippen LogP contribution in [0.25, 0.3) is 0 Å². The van der Waals surface area contributed by atoms with Crippen molar-refractivity contribution in [3.05, 3.63) is 34.3 Å². The van der Waals surface area contributed by atoms with Gasteiger partial charge in [-0.3, -0.25) is 57.5 Å². The van der Waals surface area contributed by atoms with Gasteiger partial charge in [0, 0.05) is 68.5 Å². The predicted octanol–water partition coefficient (Wildman–Crippen LogP) is 4.75. The molecule has 100 heavy (non-hydrogen) atoms. The van der Waals surface area contributed by atoms with Gasteiger partial charge < -0.3 is 65.2 Å². The maximum atomic E-state index is 15.3. The van der Waals surface area contributed by atoms with Crippen molar-refractivity contribution in [2.75, 3.05) is 75.0 Å². The van der Waals surface area contributed by atoms with Crippen LogP contribution in [0.1, 0.15) is 181 Å². The molecule has 0 unspecified atom stereocenters. The predicted molar refractivity (Wildman–Crippen MR) is 366 cm³/mol. The van der Waals surface area contributed by atoms with Crippen molar-refractivity contribution in [1.82, 2.24) is 60.0 Å². The fourth-order valence-electron chi connectivity index (χ4n) is 15.3. The summed E-state index contributed by atoms with van der Waals surface area (Å²) in [6.07, 6.45) is 1.44. The number of alkyl halides is 3. The van der Waals surface area contributed by atoms with Crippen molar-refractivity contribution in [2.45, 2.75) is 249 Å². The number of carbonyl (C=O) groups is 12. The second-order valence-corrected chi connectivity index (χ2v) is 29.9. The van der Waals surface area contributed by atoms with Crippen LogP contribution in [-0.2, 0) is 70.1 Å². The zero-order valence-electron chi connectivity index (χ0n) is 60.5. The Kier molecular flexibility index (Phi) is 27.8. The topological polar surface area (TPSA) is 290 Å². The van der Waals surface area contributed by atoms with E-state index in [1.807, 2.05) is 20.8 Å². The van der Waals surface area contributed by atoms with Gasteiger partial charge in [0.05, 0.1) is 29.7 Å². The van der Waals surface area contributed by atoms with E-state index in [2.05, 4.69) is 16.0 Å². The number of rotatable bonds is 11. The molecule has 2 saturated carbocycles. The van der Waals surface area contributed by atoms with Crippen LogP contribution in [0.2, 0.25) is 5.02 Å². The molecule has 2 aliphatic carbocycles. The molecule has 11 atom stereocenters. The Morgan fingerprint density at radius 3 is 1.87 bits per heavy atom. The first-order valence-electron chi connectivity index (χ1n) is 36.0. The monoisotopic (exact) mass is 1430 g/mol. The van der Waals surface area contributed by atoms with E-state index >= 15 is 14.4 Å². The molecule has 4 heterocycles. The number of likely N-dealkylation sites (N-methyl/N-ethyl adjacent to an activating group) is 6. The lowest BCUT2D eigenvalue weighted by atomic mass is 9.84. The quantitative estimate of drug-likeness (QED) is 0.233. The molecule has 4 saturated heterocycles. The van der Waals surface area contributed by atoms with E-state index in [0.29, 0.717) is 51.6 Å². The second kappa shape index (κ2) is 34.7. The standard InChI is InChI=1S/C71H108ClF3N12O13/c1-13-43(4)58-67(98)80(8)44(5)62(93)87-36-30-52(87)65(96)82(10)54(39-46-23-16-14-17-24-46)64(95)79(7)41-56(89)76-50(29-27-47-26-28-48(49(72)38-47)71(73,74)75)63(94)86-35-22-25-51(86)61(92)78-70(31-18-19-32-70)69(100)84(12)59(45(6)88)68(99)83(11)55(66(97)85-33-20-15-21-34-85)40-57(90)81(9)53(37-42(2)3)60(91)77-58/h26,28,38,42-46,50-55,58-59,88H,13-25,27,29-37,39-41H2,1-12H3,(H,76,89)(H,77,91)(H,78,92)/t43-,44-,45+,50-,51-,52-,53-,54-,55-,58-,59-/m0/s1. The van der Waals surface area contributed by atoms with Crippen LogP contribution in [0.5, 0.6) is 0 Å². The van der Waals surface area contributed by atoms with Crippen LogP contribution in [0.3, 0.4) is 0 Å². The Balaban J connectivity index is 1.29. The summed E-state index contributed by atoms with van der Waals surface area (Å²) in [4.78, 5) is 190. The number of piperidine rings is 1. The number of nitrogens with one attached hydrogen (secondary N) is 3. The third-order valence-electron chi connectivity index (χ3n) is 22.0. The van der Waals surface area contributed by atoms with Crippen molar-refractivity contribution in [1.29, 1.82) is 0 Å². The van der Waals surface area contributed by atoms with E-state index < -0.39 is 173 Å². The minimum absolute atomic E-state index is 0.000427. The van der Waals surface area contributed by atoms with Gasteiger partial charge in [-0.15, -0.1) is 0 Å². The lowest BCUT2D eigenvalue weighted by Crippen LogP contribution is -2.66. The first kappa shape index (κ1) is 80.2. The summed E-state index contributed by atoms with van der Waals surface area (Å²) in [6, 6.07) is -8.62.